The third-order valence-electron chi connectivity index (χ3n) is 1.85. The molecule has 0 unspecified atom stereocenters. The van der Waals surface area contributed by atoms with Crippen molar-refractivity contribution in [1.29, 1.82) is 0 Å². The lowest BCUT2D eigenvalue weighted by Gasteiger charge is -2.05. The molecule has 1 rings (SSSR count). The van der Waals surface area contributed by atoms with E-state index in [1.807, 2.05) is 0 Å². The zero-order valence-electron chi connectivity index (χ0n) is 8.82. The second kappa shape index (κ2) is 5.43. The normalized spacial score (nSPS) is 10.1. The number of carbonyl (C=O) groups is 1. The van der Waals surface area contributed by atoms with Crippen LogP contribution >= 0.6 is 0 Å². The second-order valence-electron chi connectivity index (χ2n) is 2.97. The highest BCUT2D eigenvalue weighted by atomic mass is 16.5. The molecule has 0 aliphatic rings. The molecule has 0 amide bonds. The van der Waals surface area contributed by atoms with Crippen molar-refractivity contribution < 1.29 is 14.3 Å². The molecular formula is C10H14N2O3. The number of hydrogen-bond donors (Lipinski definition) is 1. The van der Waals surface area contributed by atoms with Crippen LogP contribution in [-0.4, -0.2) is 25.2 Å². The van der Waals surface area contributed by atoms with E-state index in [1.54, 1.807) is 19.2 Å². The summed E-state index contributed by atoms with van der Waals surface area (Å²) < 4.78 is 9.56. The molecule has 0 radical (unpaired) electrons. The van der Waals surface area contributed by atoms with E-state index in [4.69, 9.17) is 10.5 Å². The minimum atomic E-state index is -0.399. The van der Waals surface area contributed by atoms with Crippen LogP contribution in [0.5, 0.6) is 0 Å². The van der Waals surface area contributed by atoms with Gasteiger partial charge >= 0.3 is 5.97 Å². The molecule has 0 saturated carbocycles. The topological polar surface area (TPSA) is 74.4 Å². The summed E-state index contributed by atoms with van der Waals surface area (Å²) in [5.41, 5.74) is 7.23. The fourth-order valence-corrected chi connectivity index (χ4v) is 1.21. The molecule has 0 aromatic carbocycles. The van der Waals surface area contributed by atoms with Gasteiger partial charge in [-0.3, -0.25) is 4.98 Å². The summed E-state index contributed by atoms with van der Waals surface area (Å²) in [6.07, 6.45) is 0. The summed E-state index contributed by atoms with van der Waals surface area (Å²) in [6, 6.07) is 3.25. The molecule has 0 atom stereocenters. The molecule has 82 valence electrons. The maximum Gasteiger partial charge on any atom is 0.337 e. The van der Waals surface area contributed by atoms with Crippen LogP contribution in [0.2, 0.25) is 0 Å². The zero-order chi connectivity index (χ0) is 11.3. The Morgan fingerprint density at radius 3 is 2.60 bits per heavy atom. The molecule has 5 heteroatoms. The van der Waals surface area contributed by atoms with Gasteiger partial charge in [0.1, 0.15) is 0 Å². The Morgan fingerprint density at radius 2 is 2.07 bits per heavy atom. The quantitative estimate of drug-likeness (QED) is 0.731. The first-order chi connectivity index (χ1) is 7.21. The zero-order valence-corrected chi connectivity index (χ0v) is 8.82. The number of aromatic nitrogens is 1. The van der Waals surface area contributed by atoms with Crippen LogP contribution in [0.25, 0.3) is 0 Å². The van der Waals surface area contributed by atoms with Gasteiger partial charge in [-0.1, -0.05) is 0 Å². The van der Waals surface area contributed by atoms with Crippen molar-refractivity contribution in [3.63, 3.8) is 0 Å². The van der Waals surface area contributed by atoms with E-state index in [-0.39, 0.29) is 6.54 Å². The number of methoxy groups -OCH3 is 2. The van der Waals surface area contributed by atoms with Gasteiger partial charge in [0.05, 0.1) is 30.7 Å². The third-order valence-corrected chi connectivity index (χ3v) is 1.85. The summed E-state index contributed by atoms with van der Waals surface area (Å²) in [6.45, 7) is 0.624. The number of hydrogen-bond acceptors (Lipinski definition) is 5. The lowest BCUT2D eigenvalue weighted by molar-refractivity contribution is 0.0600. The van der Waals surface area contributed by atoms with Gasteiger partial charge in [-0.25, -0.2) is 4.79 Å². The average Bonchev–Trinajstić information content (AvgIpc) is 2.28. The summed E-state index contributed by atoms with van der Waals surface area (Å²) in [7, 11) is 2.90. The molecule has 1 aromatic rings. The summed E-state index contributed by atoms with van der Waals surface area (Å²) in [5, 5.41) is 0. The summed E-state index contributed by atoms with van der Waals surface area (Å²) >= 11 is 0. The van der Waals surface area contributed by atoms with E-state index in [9.17, 15) is 4.79 Å². The lowest BCUT2D eigenvalue weighted by Crippen LogP contribution is -2.08. The van der Waals surface area contributed by atoms with E-state index < -0.39 is 5.97 Å². The fraction of sp³-hybridized carbons (Fsp3) is 0.400. The van der Waals surface area contributed by atoms with Crippen molar-refractivity contribution in [1.82, 2.24) is 4.98 Å². The number of ether oxygens (including phenoxy) is 2. The average molecular weight is 210 g/mol. The Hall–Kier alpha value is -1.46. The molecule has 0 spiro atoms. The predicted molar refractivity (Wildman–Crippen MR) is 54.2 cm³/mol. The number of carbonyl (C=O) groups excluding carboxylic acids is 1. The Balaban J connectivity index is 3.05. The SMILES string of the molecule is COCc1cc(C(=O)OC)cc(CN)n1. The highest BCUT2D eigenvalue weighted by Gasteiger charge is 2.09. The van der Waals surface area contributed by atoms with Crippen molar-refractivity contribution in [3.05, 3.63) is 29.1 Å². The van der Waals surface area contributed by atoms with Crippen LogP contribution in [-0.2, 0) is 22.6 Å². The van der Waals surface area contributed by atoms with Gasteiger partial charge in [-0.2, -0.15) is 0 Å². The van der Waals surface area contributed by atoms with Crippen LogP contribution in [0.15, 0.2) is 12.1 Å². The van der Waals surface area contributed by atoms with Gasteiger partial charge in [0.25, 0.3) is 0 Å². The lowest BCUT2D eigenvalue weighted by atomic mass is 10.2. The van der Waals surface area contributed by atoms with Crippen molar-refractivity contribution in [2.24, 2.45) is 5.73 Å². The number of nitrogens with zero attached hydrogens (tertiary/aromatic N) is 1. The smallest absolute Gasteiger partial charge is 0.337 e. The molecule has 0 saturated heterocycles. The Morgan fingerprint density at radius 1 is 1.40 bits per heavy atom. The van der Waals surface area contributed by atoms with Crippen molar-refractivity contribution >= 4 is 5.97 Å². The fourth-order valence-electron chi connectivity index (χ4n) is 1.21. The van der Waals surface area contributed by atoms with E-state index in [0.717, 1.165) is 0 Å². The van der Waals surface area contributed by atoms with Crippen LogP contribution in [0.3, 0.4) is 0 Å². The van der Waals surface area contributed by atoms with Crippen LogP contribution in [0, 0.1) is 0 Å². The molecule has 2 N–H and O–H groups in total. The molecule has 0 aliphatic heterocycles. The van der Waals surface area contributed by atoms with E-state index >= 15 is 0 Å². The van der Waals surface area contributed by atoms with Crippen molar-refractivity contribution in [3.8, 4) is 0 Å². The number of rotatable bonds is 4. The third kappa shape index (κ3) is 3.00. The highest BCUT2D eigenvalue weighted by molar-refractivity contribution is 5.89. The minimum absolute atomic E-state index is 0.279. The molecule has 1 aromatic heterocycles. The summed E-state index contributed by atoms with van der Waals surface area (Å²) in [5.74, 6) is -0.399. The monoisotopic (exact) mass is 210 g/mol. The summed E-state index contributed by atoms with van der Waals surface area (Å²) in [4.78, 5) is 15.5. The first-order valence-corrected chi connectivity index (χ1v) is 4.48. The van der Waals surface area contributed by atoms with Gasteiger partial charge in [0.2, 0.25) is 0 Å². The molecule has 5 nitrogen and oxygen atoms in total. The predicted octanol–water partition coefficient (Wildman–Crippen LogP) is 0.473. The van der Waals surface area contributed by atoms with Crippen LogP contribution in [0.4, 0.5) is 0 Å². The maximum atomic E-state index is 11.3. The minimum Gasteiger partial charge on any atom is -0.465 e. The van der Waals surface area contributed by atoms with Gasteiger partial charge in [0.15, 0.2) is 0 Å². The maximum absolute atomic E-state index is 11.3. The molecule has 0 aliphatic carbocycles. The van der Waals surface area contributed by atoms with Crippen LogP contribution < -0.4 is 5.73 Å². The van der Waals surface area contributed by atoms with E-state index in [1.165, 1.54) is 7.11 Å². The molecule has 0 bridgehead atoms. The van der Waals surface area contributed by atoms with Gasteiger partial charge in [0, 0.05) is 13.7 Å². The van der Waals surface area contributed by atoms with Crippen molar-refractivity contribution in [2.45, 2.75) is 13.2 Å². The molecule has 1 heterocycles. The first-order valence-electron chi connectivity index (χ1n) is 4.48. The van der Waals surface area contributed by atoms with Crippen LogP contribution in [0.1, 0.15) is 21.7 Å². The van der Waals surface area contributed by atoms with E-state index in [0.29, 0.717) is 23.6 Å². The Labute approximate surface area is 88.2 Å². The number of esters is 1. The molecular weight excluding hydrogens is 196 g/mol. The molecule has 0 fully saturated rings. The highest BCUT2D eigenvalue weighted by Crippen LogP contribution is 2.08. The van der Waals surface area contributed by atoms with Gasteiger partial charge in [-0.15, -0.1) is 0 Å². The second-order valence-corrected chi connectivity index (χ2v) is 2.97. The van der Waals surface area contributed by atoms with Gasteiger partial charge in [-0.05, 0) is 12.1 Å². The Kier molecular flexibility index (Phi) is 4.20. The number of nitrogens with two attached hydrogens (primary N) is 1. The molecule has 15 heavy (non-hydrogen) atoms. The Bertz CT molecular complexity index is 353. The van der Waals surface area contributed by atoms with E-state index in [2.05, 4.69) is 9.72 Å². The van der Waals surface area contributed by atoms with Gasteiger partial charge < -0.3 is 15.2 Å². The largest absolute Gasteiger partial charge is 0.465 e. The number of pyridine rings is 1. The standard InChI is InChI=1S/C10H14N2O3/c1-14-6-9-4-7(10(13)15-2)3-8(5-11)12-9/h3-4H,5-6,11H2,1-2H3. The first kappa shape index (κ1) is 11.6. The van der Waals surface area contributed by atoms with Crippen molar-refractivity contribution in [2.75, 3.05) is 14.2 Å².